The van der Waals surface area contributed by atoms with Crippen LogP contribution in [0.5, 0.6) is 0 Å². The standard InChI is InChI=1S/C8H15I2NO/c1-11-4-2-3-7(5-11)6-12-8(9)10/h7-8H,2-6H2,1H3/t7-/m0/s1. The second-order valence-corrected chi connectivity index (χ2v) is 8.01. The summed E-state index contributed by atoms with van der Waals surface area (Å²) in [7, 11) is 2.19. The van der Waals surface area contributed by atoms with Crippen molar-refractivity contribution in [2.24, 2.45) is 5.92 Å². The molecule has 0 unspecified atom stereocenters. The summed E-state index contributed by atoms with van der Waals surface area (Å²) in [6.45, 7) is 3.40. The molecule has 0 bridgehead atoms. The van der Waals surface area contributed by atoms with Crippen LogP contribution in [0.4, 0.5) is 0 Å². The first-order valence-corrected chi connectivity index (χ1v) is 6.76. The van der Waals surface area contributed by atoms with E-state index in [1.165, 1.54) is 25.9 Å². The summed E-state index contributed by atoms with van der Waals surface area (Å²) in [5, 5.41) is 0. The molecule has 0 aromatic heterocycles. The maximum absolute atomic E-state index is 5.58. The van der Waals surface area contributed by atoms with Crippen LogP contribution in [0.2, 0.25) is 0 Å². The van der Waals surface area contributed by atoms with Crippen LogP contribution in [0.3, 0.4) is 0 Å². The minimum absolute atomic E-state index is 0.326. The third kappa shape index (κ3) is 4.57. The van der Waals surface area contributed by atoms with Crippen molar-refractivity contribution in [3.63, 3.8) is 0 Å². The van der Waals surface area contributed by atoms with Gasteiger partial charge in [0.15, 0.2) is 2.12 Å². The van der Waals surface area contributed by atoms with E-state index >= 15 is 0 Å². The molecule has 1 heterocycles. The summed E-state index contributed by atoms with van der Waals surface area (Å²) in [6, 6.07) is 0. The Morgan fingerprint density at radius 2 is 2.33 bits per heavy atom. The second-order valence-electron chi connectivity index (χ2n) is 3.36. The molecule has 0 N–H and O–H groups in total. The Bertz CT molecular complexity index is 132. The van der Waals surface area contributed by atoms with E-state index in [1.54, 1.807) is 0 Å². The highest BCUT2D eigenvalue weighted by atomic mass is 127. The number of likely N-dealkylation sites (tertiary alicyclic amines) is 1. The number of alkyl halides is 2. The summed E-state index contributed by atoms with van der Waals surface area (Å²) in [6.07, 6.45) is 2.67. The van der Waals surface area contributed by atoms with E-state index in [9.17, 15) is 0 Å². The van der Waals surface area contributed by atoms with Gasteiger partial charge in [-0.25, -0.2) is 0 Å². The third-order valence-electron chi connectivity index (χ3n) is 2.18. The average molecular weight is 395 g/mol. The first-order chi connectivity index (χ1) is 5.68. The van der Waals surface area contributed by atoms with Gasteiger partial charge >= 0.3 is 0 Å². The molecular formula is C8H15I2NO. The van der Waals surface area contributed by atoms with E-state index in [-0.39, 0.29) is 0 Å². The first kappa shape index (κ1) is 11.5. The predicted molar refractivity (Wildman–Crippen MR) is 68.0 cm³/mol. The van der Waals surface area contributed by atoms with Gasteiger partial charge in [-0.1, -0.05) is 0 Å². The van der Waals surface area contributed by atoms with Crippen LogP contribution < -0.4 is 0 Å². The lowest BCUT2D eigenvalue weighted by Gasteiger charge is -2.29. The van der Waals surface area contributed by atoms with E-state index in [1.807, 2.05) is 0 Å². The Morgan fingerprint density at radius 3 is 2.92 bits per heavy atom. The Hall–Kier alpha value is 1.38. The SMILES string of the molecule is CN1CCC[C@H](COC(I)I)C1. The average Bonchev–Trinajstić information content (AvgIpc) is 2.01. The molecule has 4 heteroatoms. The zero-order chi connectivity index (χ0) is 8.97. The van der Waals surface area contributed by atoms with Crippen LogP contribution in [0.1, 0.15) is 12.8 Å². The number of ether oxygens (including phenoxy) is 1. The number of nitrogens with zero attached hydrogens (tertiary/aromatic N) is 1. The highest BCUT2D eigenvalue weighted by molar-refractivity contribution is 14.2. The smallest absolute Gasteiger partial charge is 0.159 e. The van der Waals surface area contributed by atoms with Gasteiger partial charge in [0.25, 0.3) is 0 Å². The summed E-state index contributed by atoms with van der Waals surface area (Å²) in [5.74, 6) is 0.760. The molecule has 2 nitrogen and oxygen atoms in total. The zero-order valence-corrected chi connectivity index (χ0v) is 11.6. The van der Waals surface area contributed by atoms with Gasteiger partial charge in [-0.15, -0.1) is 0 Å². The van der Waals surface area contributed by atoms with Crippen molar-refractivity contribution >= 4 is 45.2 Å². The highest BCUT2D eigenvalue weighted by Crippen LogP contribution is 2.18. The van der Waals surface area contributed by atoms with Crippen LogP contribution in [-0.2, 0) is 4.74 Å². The fourth-order valence-corrected chi connectivity index (χ4v) is 2.03. The van der Waals surface area contributed by atoms with Crippen molar-refractivity contribution in [1.82, 2.24) is 4.90 Å². The molecule has 0 aromatic carbocycles. The summed E-state index contributed by atoms with van der Waals surface area (Å²) < 4.78 is 5.90. The van der Waals surface area contributed by atoms with Crippen molar-refractivity contribution in [2.75, 3.05) is 26.7 Å². The topological polar surface area (TPSA) is 12.5 Å². The summed E-state index contributed by atoms with van der Waals surface area (Å²) in [5.41, 5.74) is 0. The molecule has 0 spiro atoms. The quantitative estimate of drug-likeness (QED) is 0.538. The number of piperidine rings is 1. The van der Waals surface area contributed by atoms with E-state index in [4.69, 9.17) is 4.74 Å². The Morgan fingerprint density at radius 1 is 1.58 bits per heavy atom. The van der Waals surface area contributed by atoms with Gasteiger partial charge in [-0.3, -0.25) is 0 Å². The Kier molecular flexibility index (Phi) is 5.70. The molecule has 1 aliphatic rings. The summed E-state index contributed by atoms with van der Waals surface area (Å²) >= 11 is 4.59. The lowest BCUT2D eigenvalue weighted by Crippen LogP contribution is -2.34. The van der Waals surface area contributed by atoms with Crippen molar-refractivity contribution in [2.45, 2.75) is 15.0 Å². The fraction of sp³-hybridized carbons (Fsp3) is 1.00. The molecule has 0 aromatic rings. The first-order valence-electron chi connectivity index (χ1n) is 4.27. The largest absolute Gasteiger partial charge is 0.358 e. The maximum atomic E-state index is 5.58. The van der Waals surface area contributed by atoms with Crippen LogP contribution in [0, 0.1) is 5.92 Å². The van der Waals surface area contributed by atoms with E-state index in [0.29, 0.717) is 2.12 Å². The molecule has 1 rings (SSSR count). The number of hydrogen-bond acceptors (Lipinski definition) is 2. The zero-order valence-electron chi connectivity index (χ0n) is 7.30. The molecule has 0 aliphatic carbocycles. The van der Waals surface area contributed by atoms with Crippen molar-refractivity contribution < 1.29 is 4.74 Å². The van der Waals surface area contributed by atoms with Crippen molar-refractivity contribution in [3.05, 3.63) is 0 Å². The van der Waals surface area contributed by atoms with Crippen LogP contribution in [0.25, 0.3) is 0 Å². The second kappa shape index (κ2) is 5.98. The summed E-state index contributed by atoms with van der Waals surface area (Å²) in [4.78, 5) is 2.40. The van der Waals surface area contributed by atoms with Crippen LogP contribution in [0.15, 0.2) is 0 Å². The van der Waals surface area contributed by atoms with Gasteiger partial charge in [0.1, 0.15) is 0 Å². The van der Waals surface area contributed by atoms with E-state index in [2.05, 4.69) is 57.1 Å². The van der Waals surface area contributed by atoms with E-state index < -0.39 is 0 Å². The van der Waals surface area contributed by atoms with Gasteiger partial charge in [0.2, 0.25) is 0 Å². The minimum atomic E-state index is 0.326. The van der Waals surface area contributed by atoms with Crippen LogP contribution >= 0.6 is 45.2 Å². The number of rotatable bonds is 3. The Labute approximate surface area is 102 Å². The lowest BCUT2D eigenvalue weighted by atomic mass is 10.00. The molecule has 0 saturated carbocycles. The van der Waals surface area contributed by atoms with Crippen LogP contribution in [-0.4, -0.2) is 33.8 Å². The number of hydrogen-bond donors (Lipinski definition) is 0. The number of halogens is 2. The molecule has 1 saturated heterocycles. The van der Waals surface area contributed by atoms with Gasteiger partial charge in [0, 0.05) is 6.54 Å². The van der Waals surface area contributed by atoms with E-state index in [0.717, 1.165) is 12.5 Å². The van der Waals surface area contributed by atoms with Gasteiger partial charge in [-0.2, -0.15) is 0 Å². The minimum Gasteiger partial charge on any atom is -0.358 e. The molecule has 0 radical (unpaired) electrons. The van der Waals surface area contributed by atoms with Gasteiger partial charge in [-0.05, 0) is 77.5 Å². The predicted octanol–water partition coefficient (Wildman–Crippen LogP) is 2.50. The molecule has 1 aliphatic heterocycles. The molecule has 0 amide bonds. The molecule has 1 fully saturated rings. The highest BCUT2D eigenvalue weighted by Gasteiger charge is 2.17. The Balaban J connectivity index is 2.14. The maximum Gasteiger partial charge on any atom is 0.159 e. The lowest BCUT2D eigenvalue weighted by molar-refractivity contribution is 0.0926. The normalized spacial score (nSPS) is 26.5. The third-order valence-corrected chi connectivity index (χ3v) is 2.90. The van der Waals surface area contributed by atoms with Crippen molar-refractivity contribution in [3.8, 4) is 0 Å². The molecular weight excluding hydrogens is 380 g/mol. The molecule has 72 valence electrons. The van der Waals surface area contributed by atoms with Crippen molar-refractivity contribution in [1.29, 1.82) is 0 Å². The van der Waals surface area contributed by atoms with Gasteiger partial charge < -0.3 is 9.64 Å². The van der Waals surface area contributed by atoms with Gasteiger partial charge in [0.05, 0.1) is 6.61 Å². The fourth-order valence-electron chi connectivity index (χ4n) is 1.62. The molecule has 12 heavy (non-hydrogen) atoms. The molecule has 1 atom stereocenters. The monoisotopic (exact) mass is 395 g/mol.